The summed E-state index contributed by atoms with van der Waals surface area (Å²) in [5.74, 6) is -0.912. The maximum atomic E-state index is 12.6. The highest BCUT2D eigenvalue weighted by Gasteiger charge is 2.24. The average Bonchev–Trinajstić information content (AvgIpc) is 2.62. The molecule has 0 fully saturated rings. The number of hydrogen-bond acceptors (Lipinski definition) is 6. The van der Waals surface area contributed by atoms with Crippen molar-refractivity contribution in [2.24, 2.45) is 0 Å². The van der Waals surface area contributed by atoms with E-state index in [1.54, 1.807) is 54.6 Å². The summed E-state index contributed by atoms with van der Waals surface area (Å²) in [6.45, 7) is 0. The van der Waals surface area contributed by atoms with Crippen LogP contribution in [0.4, 0.5) is 0 Å². The predicted octanol–water partition coefficient (Wildman–Crippen LogP) is 4.09. The number of rotatable bonds is 5. The van der Waals surface area contributed by atoms with Crippen molar-refractivity contribution in [2.45, 2.75) is 10.9 Å². The lowest BCUT2D eigenvalue weighted by molar-refractivity contribution is 0.0727. The summed E-state index contributed by atoms with van der Waals surface area (Å²) in [5, 5.41) is -0.592. The summed E-state index contributed by atoms with van der Waals surface area (Å²) in [6.07, 6.45) is 1.07. The van der Waals surface area contributed by atoms with Crippen molar-refractivity contribution in [1.82, 2.24) is 9.97 Å². The summed E-state index contributed by atoms with van der Waals surface area (Å²) in [7, 11) is -3.86. The molecule has 9 heteroatoms. The van der Waals surface area contributed by atoms with Crippen molar-refractivity contribution in [2.75, 3.05) is 0 Å². The van der Waals surface area contributed by atoms with Crippen molar-refractivity contribution < 1.29 is 17.9 Å². The molecule has 27 heavy (non-hydrogen) atoms. The molecule has 0 atom stereocenters. The van der Waals surface area contributed by atoms with Crippen molar-refractivity contribution in [3.8, 4) is 5.75 Å². The van der Waals surface area contributed by atoms with E-state index in [-0.39, 0.29) is 22.2 Å². The van der Waals surface area contributed by atoms with E-state index in [9.17, 15) is 13.2 Å². The minimum Gasteiger partial charge on any atom is -0.422 e. The molecule has 138 valence electrons. The van der Waals surface area contributed by atoms with E-state index in [2.05, 4.69) is 25.9 Å². The highest BCUT2D eigenvalue weighted by atomic mass is 79.9. The molecule has 0 aliphatic heterocycles. The first kappa shape index (κ1) is 19.5. The van der Waals surface area contributed by atoms with Gasteiger partial charge in [-0.1, -0.05) is 63.9 Å². The molecule has 0 saturated carbocycles. The Kier molecular flexibility index (Phi) is 5.88. The van der Waals surface area contributed by atoms with Crippen LogP contribution < -0.4 is 4.74 Å². The molecule has 0 radical (unpaired) electrons. The molecule has 3 aromatic rings. The Labute approximate surface area is 169 Å². The number of halogens is 2. The number of ether oxygens (including phenoxy) is 1. The number of benzene rings is 2. The number of carbonyl (C=O) groups is 1. The van der Waals surface area contributed by atoms with Crippen molar-refractivity contribution in [1.29, 1.82) is 0 Å². The third-order valence-electron chi connectivity index (χ3n) is 3.40. The SMILES string of the molecule is O=C(Oc1cccc(Br)c1)c1nc(S(=O)(=O)Cc2ccccc2)ncc1Cl. The van der Waals surface area contributed by atoms with Crippen LogP contribution in [0.25, 0.3) is 0 Å². The van der Waals surface area contributed by atoms with Gasteiger partial charge < -0.3 is 4.74 Å². The van der Waals surface area contributed by atoms with E-state index in [0.29, 0.717) is 10.0 Å². The number of sulfone groups is 1. The molecule has 1 heterocycles. The third-order valence-corrected chi connectivity index (χ3v) is 5.64. The van der Waals surface area contributed by atoms with Gasteiger partial charge in [0.2, 0.25) is 15.0 Å². The average molecular weight is 468 g/mol. The Bertz CT molecular complexity index is 1090. The molecule has 0 bridgehead atoms. The molecule has 0 N–H and O–H groups in total. The van der Waals surface area contributed by atoms with Crippen LogP contribution in [0, 0.1) is 0 Å². The van der Waals surface area contributed by atoms with Gasteiger partial charge in [0.05, 0.1) is 17.0 Å². The smallest absolute Gasteiger partial charge is 0.364 e. The third kappa shape index (κ3) is 4.91. The van der Waals surface area contributed by atoms with Crippen molar-refractivity contribution >= 4 is 43.3 Å². The largest absolute Gasteiger partial charge is 0.422 e. The van der Waals surface area contributed by atoms with Crippen LogP contribution in [0.15, 0.2) is 70.4 Å². The molecule has 0 spiro atoms. The Morgan fingerprint density at radius 2 is 1.85 bits per heavy atom. The summed E-state index contributed by atoms with van der Waals surface area (Å²) < 4.78 is 31.1. The van der Waals surface area contributed by atoms with E-state index in [4.69, 9.17) is 16.3 Å². The second-order valence-corrected chi connectivity index (χ2v) is 8.65. The maximum Gasteiger partial charge on any atom is 0.364 e. The highest BCUT2D eigenvalue weighted by Crippen LogP contribution is 2.22. The fourth-order valence-electron chi connectivity index (χ4n) is 2.19. The first-order valence-corrected chi connectivity index (χ1v) is 10.4. The van der Waals surface area contributed by atoms with E-state index in [1.807, 2.05) is 0 Å². The Balaban J connectivity index is 1.88. The number of esters is 1. The molecule has 6 nitrogen and oxygen atoms in total. The molecule has 0 aliphatic rings. The van der Waals surface area contributed by atoms with Crippen LogP contribution >= 0.6 is 27.5 Å². The van der Waals surface area contributed by atoms with E-state index < -0.39 is 21.0 Å². The molecule has 2 aromatic carbocycles. The van der Waals surface area contributed by atoms with Crippen LogP contribution in [-0.4, -0.2) is 24.4 Å². The second-order valence-electron chi connectivity index (χ2n) is 5.44. The molecule has 0 saturated heterocycles. The lowest BCUT2D eigenvalue weighted by atomic mass is 10.2. The van der Waals surface area contributed by atoms with Crippen LogP contribution in [0.3, 0.4) is 0 Å². The molecule has 0 amide bonds. The van der Waals surface area contributed by atoms with Gasteiger partial charge in [0, 0.05) is 4.47 Å². The van der Waals surface area contributed by atoms with Gasteiger partial charge in [-0.05, 0) is 23.8 Å². The van der Waals surface area contributed by atoms with Crippen LogP contribution in [-0.2, 0) is 15.6 Å². The van der Waals surface area contributed by atoms with Crippen LogP contribution in [0.2, 0.25) is 5.02 Å². The fourth-order valence-corrected chi connectivity index (χ4v) is 3.94. The van der Waals surface area contributed by atoms with Crippen molar-refractivity contribution in [3.63, 3.8) is 0 Å². The normalized spacial score (nSPS) is 11.2. The summed E-state index contributed by atoms with van der Waals surface area (Å²) >= 11 is 9.24. The Morgan fingerprint density at radius 1 is 1.11 bits per heavy atom. The van der Waals surface area contributed by atoms with Gasteiger partial charge in [-0.25, -0.2) is 23.2 Å². The minimum atomic E-state index is -3.86. The zero-order valence-corrected chi connectivity index (χ0v) is 16.8. The molecule has 3 rings (SSSR count). The molecule has 0 unspecified atom stereocenters. The summed E-state index contributed by atoms with van der Waals surface area (Å²) in [4.78, 5) is 20.0. The summed E-state index contributed by atoms with van der Waals surface area (Å²) in [5.41, 5.74) is 0.257. The minimum absolute atomic E-state index is 0.103. The zero-order chi connectivity index (χ0) is 19.4. The van der Waals surface area contributed by atoms with Gasteiger partial charge in [0.25, 0.3) is 0 Å². The number of aromatic nitrogens is 2. The first-order valence-electron chi connectivity index (χ1n) is 7.62. The van der Waals surface area contributed by atoms with Gasteiger partial charge in [-0.15, -0.1) is 0 Å². The topological polar surface area (TPSA) is 86.2 Å². The molecular formula is C18H12BrClN2O4S. The standard InChI is InChI=1S/C18H12BrClN2O4S/c19-13-7-4-8-14(9-13)26-17(23)16-15(20)10-21-18(22-16)27(24,25)11-12-5-2-1-3-6-12/h1-10H,11H2. The predicted molar refractivity (Wildman–Crippen MR) is 103 cm³/mol. The fraction of sp³-hybridized carbons (Fsp3) is 0.0556. The molecular weight excluding hydrogens is 456 g/mol. The Hall–Kier alpha value is -2.29. The second kappa shape index (κ2) is 8.16. The van der Waals surface area contributed by atoms with Crippen LogP contribution in [0.5, 0.6) is 5.75 Å². The van der Waals surface area contributed by atoms with Gasteiger partial charge >= 0.3 is 5.97 Å². The van der Waals surface area contributed by atoms with E-state index in [0.717, 1.165) is 6.20 Å². The van der Waals surface area contributed by atoms with E-state index in [1.165, 1.54) is 0 Å². The number of carbonyl (C=O) groups excluding carboxylic acids is 1. The van der Waals surface area contributed by atoms with E-state index >= 15 is 0 Å². The van der Waals surface area contributed by atoms with Gasteiger partial charge in [0.1, 0.15) is 5.75 Å². The Morgan fingerprint density at radius 3 is 2.56 bits per heavy atom. The van der Waals surface area contributed by atoms with Crippen molar-refractivity contribution in [3.05, 3.63) is 81.5 Å². The maximum absolute atomic E-state index is 12.6. The van der Waals surface area contributed by atoms with Gasteiger partial charge in [-0.2, -0.15) is 0 Å². The zero-order valence-electron chi connectivity index (χ0n) is 13.7. The quantitative estimate of drug-likeness (QED) is 0.319. The van der Waals surface area contributed by atoms with Gasteiger partial charge in [0.15, 0.2) is 5.69 Å². The monoisotopic (exact) mass is 466 g/mol. The molecule has 1 aromatic heterocycles. The van der Waals surface area contributed by atoms with Gasteiger partial charge in [-0.3, -0.25) is 0 Å². The summed E-state index contributed by atoms with van der Waals surface area (Å²) in [6, 6.07) is 15.2. The lowest BCUT2D eigenvalue weighted by Gasteiger charge is -2.08. The number of nitrogens with zero attached hydrogens (tertiary/aromatic N) is 2. The lowest BCUT2D eigenvalue weighted by Crippen LogP contribution is -2.16. The van der Waals surface area contributed by atoms with Crippen LogP contribution in [0.1, 0.15) is 16.1 Å². The highest BCUT2D eigenvalue weighted by molar-refractivity contribution is 9.10. The molecule has 0 aliphatic carbocycles. The first-order chi connectivity index (χ1) is 12.8. The number of hydrogen-bond donors (Lipinski definition) is 0.